The highest BCUT2D eigenvalue weighted by molar-refractivity contribution is 7.99. The zero-order valence-corrected chi connectivity index (χ0v) is 21.8. The van der Waals surface area contributed by atoms with Crippen LogP contribution in [0.15, 0.2) is 36.4 Å². The molecule has 0 aliphatic carbocycles. The molecule has 0 aliphatic rings. The van der Waals surface area contributed by atoms with Gasteiger partial charge in [-0.15, -0.1) is 11.8 Å². The summed E-state index contributed by atoms with van der Waals surface area (Å²) in [6, 6.07) is 9.95. The third-order valence-electron chi connectivity index (χ3n) is 4.81. The minimum Gasteiger partial charge on any atom is -0.354 e. The first kappa shape index (κ1) is 27.1. The van der Waals surface area contributed by atoms with E-state index in [1.165, 1.54) is 11.8 Å². The summed E-state index contributed by atoms with van der Waals surface area (Å²) in [4.78, 5) is 27.6. The lowest BCUT2D eigenvalue weighted by Crippen LogP contribution is -2.49. The molecular formula is C23H26Cl4N2O2S. The van der Waals surface area contributed by atoms with E-state index in [1.54, 1.807) is 35.2 Å². The van der Waals surface area contributed by atoms with E-state index in [4.69, 9.17) is 46.4 Å². The van der Waals surface area contributed by atoms with Gasteiger partial charge >= 0.3 is 0 Å². The number of halogens is 4. The minimum absolute atomic E-state index is 0.150. The van der Waals surface area contributed by atoms with E-state index in [0.717, 1.165) is 17.5 Å². The van der Waals surface area contributed by atoms with Gasteiger partial charge in [0.25, 0.3) is 0 Å². The van der Waals surface area contributed by atoms with Crippen LogP contribution in [0.25, 0.3) is 0 Å². The minimum atomic E-state index is -0.590. The summed E-state index contributed by atoms with van der Waals surface area (Å²) in [7, 11) is 0. The smallest absolute Gasteiger partial charge is 0.242 e. The molecule has 1 atom stereocenters. The fraction of sp³-hybridized carbons (Fsp3) is 0.391. The fourth-order valence-electron chi connectivity index (χ4n) is 3.11. The summed E-state index contributed by atoms with van der Waals surface area (Å²) in [6.45, 7) is 4.68. The number of nitrogens with one attached hydrogen (secondary N) is 1. The molecule has 4 nitrogen and oxygen atoms in total. The maximum absolute atomic E-state index is 13.2. The van der Waals surface area contributed by atoms with Crippen LogP contribution in [0.3, 0.4) is 0 Å². The third-order valence-corrected chi connectivity index (χ3v) is 7.20. The lowest BCUT2D eigenvalue weighted by molar-refractivity contribution is -0.139. The Kier molecular flexibility index (Phi) is 11.5. The molecule has 0 spiro atoms. The van der Waals surface area contributed by atoms with Gasteiger partial charge in [-0.1, -0.05) is 72.4 Å². The van der Waals surface area contributed by atoms with Gasteiger partial charge in [-0.2, -0.15) is 0 Å². The first-order chi connectivity index (χ1) is 15.3. The second kappa shape index (κ2) is 13.6. The normalized spacial score (nSPS) is 11.8. The van der Waals surface area contributed by atoms with Crippen molar-refractivity contribution in [2.24, 2.45) is 0 Å². The maximum Gasteiger partial charge on any atom is 0.242 e. The lowest BCUT2D eigenvalue weighted by Gasteiger charge is -2.30. The first-order valence-electron chi connectivity index (χ1n) is 10.3. The van der Waals surface area contributed by atoms with Crippen LogP contribution in [-0.2, 0) is 21.9 Å². The van der Waals surface area contributed by atoms with Gasteiger partial charge in [-0.05, 0) is 48.2 Å². The van der Waals surface area contributed by atoms with Crippen molar-refractivity contribution >= 4 is 70.0 Å². The van der Waals surface area contributed by atoms with Crippen molar-refractivity contribution in [1.29, 1.82) is 0 Å². The second-order valence-corrected chi connectivity index (χ2v) is 9.79. The second-order valence-electron chi connectivity index (χ2n) is 7.18. The van der Waals surface area contributed by atoms with E-state index in [2.05, 4.69) is 5.32 Å². The Morgan fingerprint density at radius 2 is 1.69 bits per heavy atom. The van der Waals surface area contributed by atoms with Gasteiger partial charge in [0, 0.05) is 28.9 Å². The first-order valence-corrected chi connectivity index (χ1v) is 13.0. The summed E-state index contributed by atoms with van der Waals surface area (Å²) in [5.74, 6) is 0.356. The van der Waals surface area contributed by atoms with Crippen LogP contribution < -0.4 is 5.32 Å². The predicted octanol–water partition coefficient (Wildman–Crippen LogP) is 6.87. The molecule has 2 aromatic rings. The summed E-state index contributed by atoms with van der Waals surface area (Å²) in [5, 5.41) is 4.87. The van der Waals surface area contributed by atoms with E-state index in [-0.39, 0.29) is 24.1 Å². The van der Waals surface area contributed by atoms with Crippen LogP contribution in [0.2, 0.25) is 20.1 Å². The standard InChI is InChI=1S/C23H26Cl4N2O2S/c1-3-10-28-23(31)21(4-2)29(12-15-8-9-19(26)20(27)11-15)22(30)14-32-13-16-17(24)6-5-7-18(16)25/h5-9,11,21H,3-4,10,12-14H2,1-2H3,(H,28,31)/t21-/m0/s1. The number of nitrogens with zero attached hydrogens (tertiary/aromatic N) is 1. The molecule has 0 saturated carbocycles. The summed E-state index contributed by atoms with van der Waals surface area (Å²) in [6.07, 6.45) is 1.31. The van der Waals surface area contributed by atoms with Crippen molar-refractivity contribution < 1.29 is 9.59 Å². The van der Waals surface area contributed by atoms with Crippen molar-refractivity contribution in [2.75, 3.05) is 12.3 Å². The molecule has 0 saturated heterocycles. The van der Waals surface area contributed by atoms with E-state index < -0.39 is 6.04 Å². The Labute approximate surface area is 213 Å². The molecule has 0 fully saturated rings. The summed E-state index contributed by atoms with van der Waals surface area (Å²) in [5.41, 5.74) is 1.59. The topological polar surface area (TPSA) is 49.4 Å². The van der Waals surface area contributed by atoms with Crippen molar-refractivity contribution in [3.05, 3.63) is 67.6 Å². The highest BCUT2D eigenvalue weighted by atomic mass is 35.5. The van der Waals surface area contributed by atoms with E-state index in [1.807, 2.05) is 19.9 Å². The van der Waals surface area contributed by atoms with Crippen LogP contribution in [0.4, 0.5) is 0 Å². The highest BCUT2D eigenvalue weighted by Gasteiger charge is 2.28. The lowest BCUT2D eigenvalue weighted by atomic mass is 10.1. The molecule has 0 bridgehead atoms. The Morgan fingerprint density at radius 3 is 2.28 bits per heavy atom. The van der Waals surface area contributed by atoms with E-state index in [0.29, 0.717) is 38.8 Å². The predicted molar refractivity (Wildman–Crippen MR) is 137 cm³/mol. The number of carbonyl (C=O) groups is 2. The summed E-state index contributed by atoms with van der Waals surface area (Å²) < 4.78 is 0. The largest absolute Gasteiger partial charge is 0.354 e. The van der Waals surface area contributed by atoms with Gasteiger partial charge in [0.05, 0.1) is 15.8 Å². The van der Waals surface area contributed by atoms with Crippen molar-refractivity contribution in [3.8, 4) is 0 Å². The number of thioether (sulfide) groups is 1. The molecule has 174 valence electrons. The molecule has 0 radical (unpaired) electrons. The van der Waals surface area contributed by atoms with Gasteiger partial charge in [0.1, 0.15) is 6.04 Å². The van der Waals surface area contributed by atoms with Gasteiger partial charge in [-0.3, -0.25) is 9.59 Å². The Balaban J connectivity index is 2.18. The number of benzene rings is 2. The average Bonchev–Trinajstić information content (AvgIpc) is 2.76. The molecule has 2 rings (SSSR count). The fourth-order valence-corrected chi connectivity index (χ4v) is 5.08. The number of hydrogen-bond acceptors (Lipinski definition) is 3. The Morgan fingerprint density at radius 1 is 1.00 bits per heavy atom. The molecule has 0 aromatic heterocycles. The number of hydrogen-bond donors (Lipinski definition) is 1. The quantitative estimate of drug-likeness (QED) is 0.341. The van der Waals surface area contributed by atoms with Crippen LogP contribution in [0, 0.1) is 0 Å². The zero-order chi connectivity index (χ0) is 23.7. The van der Waals surface area contributed by atoms with E-state index in [9.17, 15) is 9.59 Å². The number of rotatable bonds is 11. The molecule has 9 heteroatoms. The van der Waals surface area contributed by atoms with Crippen molar-refractivity contribution in [2.45, 2.75) is 45.0 Å². The molecule has 2 aromatic carbocycles. The van der Waals surface area contributed by atoms with Gasteiger partial charge in [0.15, 0.2) is 0 Å². The van der Waals surface area contributed by atoms with Gasteiger partial charge in [-0.25, -0.2) is 0 Å². The van der Waals surface area contributed by atoms with Crippen LogP contribution in [0.1, 0.15) is 37.8 Å². The molecule has 1 N–H and O–H groups in total. The van der Waals surface area contributed by atoms with Gasteiger partial charge < -0.3 is 10.2 Å². The van der Waals surface area contributed by atoms with Gasteiger partial charge in [0.2, 0.25) is 11.8 Å². The van der Waals surface area contributed by atoms with E-state index >= 15 is 0 Å². The summed E-state index contributed by atoms with van der Waals surface area (Å²) >= 11 is 26.1. The third kappa shape index (κ3) is 7.74. The molecule has 0 unspecified atom stereocenters. The molecule has 0 heterocycles. The average molecular weight is 536 g/mol. The highest BCUT2D eigenvalue weighted by Crippen LogP contribution is 2.29. The van der Waals surface area contributed by atoms with Crippen molar-refractivity contribution in [1.82, 2.24) is 10.2 Å². The molecule has 2 amide bonds. The van der Waals surface area contributed by atoms with Crippen LogP contribution in [-0.4, -0.2) is 35.1 Å². The van der Waals surface area contributed by atoms with Crippen LogP contribution in [0.5, 0.6) is 0 Å². The Bertz CT molecular complexity index is 922. The van der Waals surface area contributed by atoms with Crippen molar-refractivity contribution in [3.63, 3.8) is 0 Å². The zero-order valence-electron chi connectivity index (χ0n) is 18.0. The Hall–Kier alpha value is -1.11. The molecular weight excluding hydrogens is 510 g/mol. The van der Waals surface area contributed by atoms with Crippen LogP contribution >= 0.6 is 58.2 Å². The number of carbonyl (C=O) groups excluding carboxylic acids is 2. The SMILES string of the molecule is CCCNC(=O)[C@H](CC)N(Cc1ccc(Cl)c(Cl)c1)C(=O)CSCc1c(Cl)cccc1Cl. The maximum atomic E-state index is 13.2. The molecule has 0 aliphatic heterocycles. The molecule has 32 heavy (non-hydrogen) atoms. The monoisotopic (exact) mass is 534 g/mol. The number of amides is 2.